The van der Waals surface area contributed by atoms with E-state index in [2.05, 4.69) is 4.74 Å². The first-order chi connectivity index (χ1) is 8.67. The molecule has 0 aliphatic carbocycles. The highest BCUT2D eigenvalue weighted by Crippen LogP contribution is 2.37. The molecule has 0 saturated carbocycles. The molecular weight excluding hydrogens is 236 g/mol. The average molecular weight is 250 g/mol. The molecule has 0 bridgehead atoms. The average Bonchev–Trinajstić information content (AvgIpc) is 2.87. The van der Waals surface area contributed by atoms with E-state index in [0.717, 1.165) is 0 Å². The van der Waals surface area contributed by atoms with Gasteiger partial charge in [-0.25, -0.2) is 0 Å². The van der Waals surface area contributed by atoms with Crippen LogP contribution < -0.4 is 4.74 Å². The number of phenols is 1. The minimum atomic E-state index is -0.326. The monoisotopic (exact) mass is 250 g/mol. The Labute approximate surface area is 104 Å². The lowest BCUT2D eigenvalue weighted by molar-refractivity contribution is -0.140. The smallest absolute Gasteiger partial charge is 0.305 e. The Balaban J connectivity index is 2.38. The molecule has 1 aromatic heterocycles. The zero-order valence-electron chi connectivity index (χ0n) is 10.2. The van der Waals surface area contributed by atoms with Gasteiger partial charge in [0.1, 0.15) is 5.75 Å². The van der Waals surface area contributed by atoms with Crippen LogP contribution in [0.4, 0.5) is 0 Å². The fraction of sp³-hybridized carbons (Fsp3) is 0.308. The highest BCUT2D eigenvalue weighted by atomic mass is 16.5. The van der Waals surface area contributed by atoms with Crippen LogP contribution in [0.1, 0.15) is 12.0 Å². The van der Waals surface area contributed by atoms with Gasteiger partial charge in [-0.15, -0.1) is 0 Å². The number of aryl methyl sites for hydroxylation is 1. The Kier molecular flexibility index (Phi) is 3.41. The van der Waals surface area contributed by atoms with Gasteiger partial charge < -0.3 is 19.0 Å². The van der Waals surface area contributed by atoms with Gasteiger partial charge in [0.25, 0.3) is 0 Å². The molecule has 0 aliphatic rings. The molecule has 96 valence electrons. The Bertz CT molecular complexity index is 570. The maximum atomic E-state index is 11.1. The van der Waals surface area contributed by atoms with E-state index >= 15 is 0 Å². The number of carbonyl (C=O) groups excluding carboxylic acids is 1. The van der Waals surface area contributed by atoms with Gasteiger partial charge in [-0.1, -0.05) is 0 Å². The number of esters is 1. The van der Waals surface area contributed by atoms with Gasteiger partial charge in [0, 0.05) is 12.0 Å². The summed E-state index contributed by atoms with van der Waals surface area (Å²) in [4.78, 5) is 11.1. The van der Waals surface area contributed by atoms with E-state index in [1.165, 1.54) is 13.4 Å². The van der Waals surface area contributed by atoms with Crippen molar-refractivity contribution >= 4 is 16.9 Å². The van der Waals surface area contributed by atoms with Gasteiger partial charge in [0.15, 0.2) is 11.3 Å². The fourth-order valence-electron chi connectivity index (χ4n) is 1.84. The number of carbonyl (C=O) groups is 1. The number of ether oxygens (including phenoxy) is 2. The van der Waals surface area contributed by atoms with Crippen molar-refractivity contribution in [3.05, 3.63) is 24.0 Å². The number of phenolic OH excluding ortho intramolecular Hbond substituents is 1. The summed E-state index contributed by atoms with van der Waals surface area (Å²) in [7, 11) is 2.88. The lowest BCUT2D eigenvalue weighted by Gasteiger charge is -2.08. The molecule has 0 atom stereocenters. The summed E-state index contributed by atoms with van der Waals surface area (Å²) < 4.78 is 15.0. The molecule has 0 aliphatic heterocycles. The summed E-state index contributed by atoms with van der Waals surface area (Å²) in [5.74, 6) is 0.323. The van der Waals surface area contributed by atoms with E-state index in [1.807, 2.05) is 0 Å². The molecule has 1 aromatic carbocycles. The van der Waals surface area contributed by atoms with Crippen LogP contribution in [0.15, 0.2) is 22.8 Å². The summed E-state index contributed by atoms with van der Waals surface area (Å²) in [5, 5.41) is 10.7. The van der Waals surface area contributed by atoms with Crippen LogP contribution >= 0.6 is 0 Å². The van der Waals surface area contributed by atoms with E-state index < -0.39 is 0 Å². The standard InChI is InChI=1S/C13H14O5/c1-16-10-7-8(3-4-11(14)17-2)12(15)13-9(10)5-6-18-13/h5-7,15H,3-4H2,1-2H3. The van der Waals surface area contributed by atoms with Crippen LogP contribution in [0, 0.1) is 0 Å². The second-order valence-electron chi connectivity index (χ2n) is 3.83. The summed E-state index contributed by atoms with van der Waals surface area (Å²) >= 11 is 0. The molecule has 18 heavy (non-hydrogen) atoms. The maximum Gasteiger partial charge on any atom is 0.305 e. The van der Waals surface area contributed by atoms with Crippen LogP contribution in [0.2, 0.25) is 0 Å². The van der Waals surface area contributed by atoms with Crippen molar-refractivity contribution in [2.75, 3.05) is 14.2 Å². The quantitative estimate of drug-likeness (QED) is 0.843. The number of fused-ring (bicyclic) bond motifs is 1. The van der Waals surface area contributed by atoms with Crippen molar-refractivity contribution in [3.63, 3.8) is 0 Å². The second-order valence-corrected chi connectivity index (χ2v) is 3.83. The molecule has 1 heterocycles. The Morgan fingerprint density at radius 1 is 1.44 bits per heavy atom. The van der Waals surface area contributed by atoms with Gasteiger partial charge in [-0.2, -0.15) is 0 Å². The zero-order valence-corrected chi connectivity index (χ0v) is 10.2. The van der Waals surface area contributed by atoms with Gasteiger partial charge in [0.05, 0.1) is 25.9 Å². The molecule has 1 N–H and O–H groups in total. The van der Waals surface area contributed by atoms with Gasteiger partial charge in [0.2, 0.25) is 0 Å². The predicted molar refractivity (Wildman–Crippen MR) is 64.8 cm³/mol. The number of rotatable bonds is 4. The highest BCUT2D eigenvalue weighted by molar-refractivity contribution is 5.90. The highest BCUT2D eigenvalue weighted by Gasteiger charge is 2.15. The first-order valence-corrected chi connectivity index (χ1v) is 5.50. The van der Waals surface area contributed by atoms with Crippen LogP contribution in [0.3, 0.4) is 0 Å². The Hall–Kier alpha value is -2.17. The van der Waals surface area contributed by atoms with E-state index in [-0.39, 0.29) is 18.1 Å². The van der Waals surface area contributed by atoms with Gasteiger partial charge in [-0.05, 0) is 18.6 Å². The maximum absolute atomic E-state index is 11.1. The van der Waals surface area contributed by atoms with E-state index in [9.17, 15) is 9.90 Å². The SMILES string of the molecule is COC(=O)CCc1cc(OC)c2ccoc2c1O. The molecule has 0 saturated heterocycles. The third-order valence-electron chi connectivity index (χ3n) is 2.80. The first-order valence-electron chi connectivity index (χ1n) is 5.50. The number of hydrogen-bond donors (Lipinski definition) is 1. The minimum Gasteiger partial charge on any atom is -0.504 e. The van der Waals surface area contributed by atoms with Gasteiger partial charge >= 0.3 is 5.97 Å². The number of benzene rings is 1. The van der Waals surface area contributed by atoms with Crippen LogP contribution in [-0.2, 0) is 16.0 Å². The molecular formula is C13H14O5. The normalized spacial score (nSPS) is 10.6. The van der Waals surface area contributed by atoms with Crippen molar-refractivity contribution in [2.24, 2.45) is 0 Å². The largest absolute Gasteiger partial charge is 0.504 e. The second kappa shape index (κ2) is 5.00. The van der Waals surface area contributed by atoms with Crippen molar-refractivity contribution in [1.29, 1.82) is 0 Å². The topological polar surface area (TPSA) is 68.9 Å². The first kappa shape index (κ1) is 12.3. The molecule has 0 unspecified atom stereocenters. The summed E-state index contributed by atoms with van der Waals surface area (Å²) in [6, 6.07) is 3.42. The molecule has 5 heteroatoms. The fourth-order valence-corrected chi connectivity index (χ4v) is 1.84. The predicted octanol–water partition coefficient (Wildman–Crippen LogP) is 2.25. The summed E-state index contributed by atoms with van der Waals surface area (Å²) in [6.45, 7) is 0. The molecule has 2 aromatic rings. The Morgan fingerprint density at radius 3 is 2.89 bits per heavy atom. The summed E-state index contributed by atoms with van der Waals surface area (Å²) in [5.41, 5.74) is 0.967. The zero-order chi connectivity index (χ0) is 13.1. The minimum absolute atomic E-state index is 0.0414. The number of aromatic hydroxyl groups is 1. The van der Waals surface area contributed by atoms with Gasteiger partial charge in [-0.3, -0.25) is 4.79 Å². The Morgan fingerprint density at radius 2 is 2.22 bits per heavy atom. The van der Waals surface area contributed by atoms with Crippen molar-refractivity contribution in [2.45, 2.75) is 12.8 Å². The lowest BCUT2D eigenvalue weighted by Crippen LogP contribution is -2.02. The third kappa shape index (κ3) is 2.11. The molecule has 5 nitrogen and oxygen atoms in total. The number of furan rings is 1. The van der Waals surface area contributed by atoms with Crippen LogP contribution in [0.25, 0.3) is 11.0 Å². The lowest BCUT2D eigenvalue weighted by atomic mass is 10.1. The number of hydrogen-bond acceptors (Lipinski definition) is 5. The van der Waals surface area contributed by atoms with Crippen molar-refractivity contribution in [3.8, 4) is 11.5 Å². The van der Waals surface area contributed by atoms with Crippen molar-refractivity contribution in [1.82, 2.24) is 0 Å². The van der Waals surface area contributed by atoms with E-state index in [1.54, 1.807) is 19.2 Å². The summed E-state index contributed by atoms with van der Waals surface area (Å²) in [6.07, 6.45) is 2.04. The van der Waals surface area contributed by atoms with Crippen LogP contribution in [-0.4, -0.2) is 25.3 Å². The molecule has 2 rings (SSSR count). The molecule has 0 radical (unpaired) electrons. The molecule has 0 fully saturated rings. The van der Waals surface area contributed by atoms with Crippen LogP contribution in [0.5, 0.6) is 11.5 Å². The van der Waals surface area contributed by atoms with E-state index in [4.69, 9.17) is 9.15 Å². The van der Waals surface area contributed by atoms with E-state index in [0.29, 0.717) is 28.7 Å². The van der Waals surface area contributed by atoms with Crippen molar-refractivity contribution < 1.29 is 23.8 Å². The molecule has 0 spiro atoms. The number of methoxy groups -OCH3 is 2. The molecule has 0 amide bonds. The third-order valence-corrected chi connectivity index (χ3v) is 2.80.